The van der Waals surface area contributed by atoms with E-state index in [-0.39, 0.29) is 16.9 Å². The van der Waals surface area contributed by atoms with Crippen molar-refractivity contribution in [1.29, 1.82) is 0 Å². The molecule has 0 aliphatic carbocycles. The highest BCUT2D eigenvalue weighted by Crippen LogP contribution is 2.06. The van der Waals surface area contributed by atoms with Crippen molar-refractivity contribution in [3.8, 4) is 0 Å². The lowest BCUT2D eigenvalue weighted by atomic mass is 10.3. The summed E-state index contributed by atoms with van der Waals surface area (Å²) in [5, 5.41) is 0. The Morgan fingerprint density at radius 3 is 2.47 bits per heavy atom. The van der Waals surface area contributed by atoms with Gasteiger partial charge in [-0.15, -0.1) is 0 Å². The van der Waals surface area contributed by atoms with Crippen LogP contribution < -0.4 is 0 Å². The Balaban J connectivity index is 0.00000196. The van der Waals surface area contributed by atoms with Crippen LogP contribution in [0.4, 0.5) is 4.70 Å². The molecular formula is C10H18FNO3. The number of esters is 1. The Hall–Kier alpha value is -0.940. The van der Waals surface area contributed by atoms with Gasteiger partial charge in [0.15, 0.2) is 6.23 Å². The molecule has 0 spiro atoms. The first-order valence-corrected chi connectivity index (χ1v) is 4.79. The van der Waals surface area contributed by atoms with E-state index >= 15 is 0 Å². The third-order valence-electron chi connectivity index (χ3n) is 2.19. The molecule has 1 heterocycles. The molecule has 0 bridgehead atoms. The molecule has 0 aromatic rings. The maximum absolute atomic E-state index is 11.2. The molecule has 0 aromatic heterocycles. The lowest BCUT2D eigenvalue weighted by molar-refractivity contribution is -0.156. The van der Waals surface area contributed by atoms with Crippen LogP contribution in [0, 0.1) is 0 Å². The van der Waals surface area contributed by atoms with Gasteiger partial charge in [0.05, 0.1) is 13.2 Å². The first kappa shape index (κ1) is 14.1. The topological polar surface area (TPSA) is 38.8 Å². The molecule has 1 saturated heterocycles. The van der Waals surface area contributed by atoms with Crippen molar-refractivity contribution < 1.29 is 19.0 Å². The van der Waals surface area contributed by atoms with Gasteiger partial charge in [0, 0.05) is 18.7 Å². The molecule has 0 saturated carbocycles. The van der Waals surface area contributed by atoms with Crippen LogP contribution in [0.3, 0.4) is 0 Å². The van der Waals surface area contributed by atoms with E-state index in [1.54, 1.807) is 6.92 Å². The van der Waals surface area contributed by atoms with Crippen molar-refractivity contribution in [1.82, 2.24) is 4.90 Å². The summed E-state index contributed by atoms with van der Waals surface area (Å²) in [6.07, 6.45) is -0.192. The number of rotatable bonds is 3. The molecule has 1 unspecified atom stereocenters. The minimum atomic E-state index is -0.330. The van der Waals surface area contributed by atoms with Gasteiger partial charge < -0.3 is 9.47 Å². The van der Waals surface area contributed by atoms with Crippen LogP contribution in [0.15, 0.2) is 12.2 Å². The van der Waals surface area contributed by atoms with Crippen LogP contribution in [0.5, 0.6) is 0 Å². The molecule has 1 atom stereocenters. The normalized spacial score (nSPS) is 18.8. The maximum Gasteiger partial charge on any atom is 0.334 e. The van der Waals surface area contributed by atoms with E-state index in [1.807, 2.05) is 6.92 Å². The van der Waals surface area contributed by atoms with E-state index in [0.29, 0.717) is 18.8 Å². The fourth-order valence-electron chi connectivity index (χ4n) is 1.27. The van der Waals surface area contributed by atoms with Crippen LogP contribution in [-0.2, 0) is 14.3 Å². The molecule has 0 amide bonds. The SMILES string of the molecule is C=C(C)C(=O)OC(C)N1CCOCC1.F. The zero-order chi connectivity index (χ0) is 10.6. The first-order valence-electron chi connectivity index (χ1n) is 4.79. The minimum Gasteiger partial charge on any atom is -0.443 e. The van der Waals surface area contributed by atoms with E-state index < -0.39 is 0 Å². The average molecular weight is 219 g/mol. The molecule has 5 heteroatoms. The van der Waals surface area contributed by atoms with E-state index in [4.69, 9.17) is 9.47 Å². The Morgan fingerprint density at radius 1 is 1.47 bits per heavy atom. The van der Waals surface area contributed by atoms with E-state index in [9.17, 15) is 4.79 Å². The van der Waals surface area contributed by atoms with Gasteiger partial charge in [-0.2, -0.15) is 0 Å². The number of ether oxygens (including phenoxy) is 2. The van der Waals surface area contributed by atoms with Gasteiger partial charge in [-0.05, 0) is 13.8 Å². The van der Waals surface area contributed by atoms with Crippen molar-refractivity contribution >= 4 is 5.97 Å². The summed E-state index contributed by atoms with van der Waals surface area (Å²) < 4.78 is 10.4. The molecule has 4 nitrogen and oxygen atoms in total. The Labute approximate surface area is 89.2 Å². The van der Waals surface area contributed by atoms with Gasteiger partial charge in [-0.25, -0.2) is 4.79 Å². The summed E-state index contributed by atoms with van der Waals surface area (Å²) >= 11 is 0. The minimum absolute atomic E-state index is 0. The van der Waals surface area contributed by atoms with Crippen molar-refractivity contribution in [2.75, 3.05) is 26.3 Å². The lowest BCUT2D eigenvalue weighted by Crippen LogP contribution is -2.44. The van der Waals surface area contributed by atoms with Crippen LogP contribution >= 0.6 is 0 Å². The number of hydrogen-bond acceptors (Lipinski definition) is 4. The summed E-state index contributed by atoms with van der Waals surface area (Å²) in [4.78, 5) is 13.3. The molecule has 0 N–H and O–H groups in total. The van der Waals surface area contributed by atoms with E-state index in [0.717, 1.165) is 13.1 Å². The highest BCUT2D eigenvalue weighted by Gasteiger charge is 2.20. The van der Waals surface area contributed by atoms with Crippen LogP contribution in [0.2, 0.25) is 0 Å². The summed E-state index contributed by atoms with van der Waals surface area (Å²) in [7, 11) is 0. The molecule has 0 aromatic carbocycles. The molecule has 1 rings (SSSR count). The number of nitrogens with zero attached hydrogens (tertiary/aromatic N) is 1. The molecule has 1 aliphatic heterocycles. The molecule has 1 fully saturated rings. The van der Waals surface area contributed by atoms with E-state index in [1.165, 1.54) is 0 Å². The third kappa shape index (κ3) is 4.40. The number of morpholine rings is 1. The lowest BCUT2D eigenvalue weighted by Gasteiger charge is -2.31. The van der Waals surface area contributed by atoms with Gasteiger partial charge in [0.25, 0.3) is 0 Å². The van der Waals surface area contributed by atoms with Crippen molar-refractivity contribution in [3.63, 3.8) is 0 Å². The number of halogens is 1. The predicted molar refractivity (Wildman–Crippen MR) is 55.3 cm³/mol. The Kier molecular flexibility index (Phi) is 6.12. The quantitative estimate of drug-likeness (QED) is 0.523. The summed E-state index contributed by atoms with van der Waals surface area (Å²) in [6.45, 7) is 10.1. The smallest absolute Gasteiger partial charge is 0.334 e. The molecule has 88 valence electrons. The second kappa shape index (κ2) is 6.53. The Morgan fingerprint density at radius 2 is 2.00 bits per heavy atom. The molecule has 15 heavy (non-hydrogen) atoms. The predicted octanol–water partition coefficient (Wildman–Crippen LogP) is 0.936. The van der Waals surface area contributed by atoms with Gasteiger partial charge in [0.2, 0.25) is 0 Å². The van der Waals surface area contributed by atoms with Gasteiger partial charge in [-0.3, -0.25) is 9.60 Å². The second-order valence-electron chi connectivity index (χ2n) is 3.43. The number of hydrogen-bond donors (Lipinski definition) is 0. The first-order chi connectivity index (χ1) is 6.61. The van der Waals surface area contributed by atoms with Crippen molar-refractivity contribution in [3.05, 3.63) is 12.2 Å². The largest absolute Gasteiger partial charge is 0.443 e. The monoisotopic (exact) mass is 219 g/mol. The van der Waals surface area contributed by atoms with Gasteiger partial charge in [0.1, 0.15) is 0 Å². The molecule has 0 radical (unpaired) electrons. The van der Waals surface area contributed by atoms with Crippen LogP contribution in [-0.4, -0.2) is 43.4 Å². The second-order valence-corrected chi connectivity index (χ2v) is 3.43. The fraction of sp³-hybridized carbons (Fsp3) is 0.700. The standard InChI is InChI=1S/C10H17NO3.FH/c1-8(2)10(12)14-9(3)11-4-6-13-7-5-11;/h9H,1,4-7H2,2-3H3;1H. The fourth-order valence-corrected chi connectivity index (χ4v) is 1.27. The average Bonchev–Trinajstić information content (AvgIpc) is 2.19. The zero-order valence-corrected chi connectivity index (χ0v) is 9.19. The van der Waals surface area contributed by atoms with Gasteiger partial charge in [-0.1, -0.05) is 6.58 Å². The summed E-state index contributed by atoms with van der Waals surface area (Å²) in [5.41, 5.74) is 0.435. The van der Waals surface area contributed by atoms with E-state index in [2.05, 4.69) is 11.5 Å². The van der Waals surface area contributed by atoms with Crippen molar-refractivity contribution in [2.24, 2.45) is 0 Å². The summed E-state index contributed by atoms with van der Waals surface area (Å²) in [5.74, 6) is -0.330. The number of carbonyl (C=O) groups is 1. The zero-order valence-electron chi connectivity index (χ0n) is 9.19. The highest BCUT2D eigenvalue weighted by atomic mass is 19.0. The summed E-state index contributed by atoms with van der Waals surface area (Å²) in [6, 6.07) is 0. The molecular weight excluding hydrogens is 201 g/mol. The highest BCUT2D eigenvalue weighted by molar-refractivity contribution is 5.87. The van der Waals surface area contributed by atoms with Crippen molar-refractivity contribution in [2.45, 2.75) is 20.1 Å². The number of carbonyl (C=O) groups excluding carboxylic acids is 1. The molecule has 1 aliphatic rings. The van der Waals surface area contributed by atoms with Gasteiger partial charge >= 0.3 is 5.97 Å². The Bertz CT molecular complexity index is 227. The third-order valence-corrected chi connectivity index (χ3v) is 2.19. The van der Waals surface area contributed by atoms with Crippen LogP contribution in [0.1, 0.15) is 13.8 Å². The van der Waals surface area contributed by atoms with Crippen LogP contribution in [0.25, 0.3) is 0 Å². The maximum atomic E-state index is 11.2.